The van der Waals surface area contributed by atoms with Gasteiger partial charge in [-0.25, -0.2) is 14.4 Å². The molecule has 1 aliphatic heterocycles. The van der Waals surface area contributed by atoms with Crippen LogP contribution >= 0.6 is 0 Å². The van der Waals surface area contributed by atoms with Crippen molar-refractivity contribution >= 4 is 28.0 Å². The highest BCUT2D eigenvalue weighted by Crippen LogP contribution is 2.38. The lowest BCUT2D eigenvalue weighted by atomic mass is 10.1. The van der Waals surface area contributed by atoms with E-state index >= 15 is 0 Å². The number of rotatable bonds is 3. The number of anilines is 1. The summed E-state index contributed by atoms with van der Waals surface area (Å²) in [6.07, 6.45) is 3.99. The first kappa shape index (κ1) is 14.8. The first-order valence-electron chi connectivity index (χ1n) is 8.60. The van der Waals surface area contributed by atoms with Crippen LogP contribution in [0.5, 0.6) is 0 Å². The number of pyridine rings is 2. The maximum Gasteiger partial charge on any atom is 0.282 e. The summed E-state index contributed by atoms with van der Waals surface area (Å²) in [6.45, 7) is 1.98. The molecule has 2 fully saturated rings. The summed E-state index contributed by atoms with van der Waals surface area (Å²) in [7, 11) is 0. The summed E-state index contributed by atoms with van der Waals surface area (Å²) in [5, 5.41) is 0.495. The van der Waals surface area contributed by atoms with Crippen molar-refractivity contribution in [1.82, 2.24) is 14.5 Å². The third-order valence-corrected chi connectivity index (χ3v) is 5.23. The van der Waals surface area contributed by atoms with Gasteiger partial charge in [0.15, 0.2) is 29.1 Å². The van der Waals surface area contributed by atoms with Crippen LogP contribution in [0.25, 0.3) is 22.1 Å². The molecule has 1 aliphatic carbocycles. The fourth-order valence-corrected chi connectivity index (χ4v) is 3.73. The monoisotopic (exact) mass is 343 g/mol. The van der Waals surface area contributed by atoms with E-state index < -0.39 is 5.82 Å². The smallest absolute Gasteiger partial charge is 0.282 e. The van der Waals surface area contributed by atoms with E-state index in [-0.39, 0.29) is 22.9 Å². The Labute approximate surface area is 142 Å². The molecule has 8 heteroatoms. The predicted octanol–water partition coefficient (Wildman–Crippen LogP) is 1.80. The van der Waals surface area contributed by atoms with E-state index in [0.29, 0.717) is 35.6 Å². The minimum absolute atomic E-state index is 0.109. The number of hydrogen-bond acceptors (Lipinski definition) is 6. The largest absolute Gasteiger partial charge is 0.442 e. The SMILES string of the molecule is NCC1CCN(c2nc3c(cc2F)c2ocnc2c(=O)n3C2CC2)C1. The molecule has 0 bridgehead atoms. The fraction of sp³-hybridized carbons (Fsp3) is 0.471. The highest BCUT2D eigenvalue weighted by atomic mass is 19.1. The van der Waals surface area contributed by atoms with Gasteiger partial charge in [-0.1, -0.05) is 0 Å². The Morgan fingerprint density at radius 3 is 2.92 bits per heavy atom. The van der Waals surface area contributed by atoms with Gasteiger partial charge in [-0.15, -0.1) is 0 Å². The number of fused-ring (bicyclic) bond motifs is 3. The van der Waals surface area contributed by atoms with Gasteiger partial charge in [0.2, 0.25) is 0 Å². The molecule has 4 heterocycles. The second-order valence-corrected chi connectivity index (χ2v) is 6.94. The van der Waals surface area contributed by atoms with Crippen LogP contribution in [0.15, 0.2) is 21.7 Å². The van der Waals surface area contributed by atoms with Gasteiger partial charge in [0.1, 0.15) is 5.65 Å². The van der Waals surface area contributed by atoms with Crippen LogP contribution in [0.2, 0.25) is 0 Å². The molecule has 1 unspecified atom stereocenters. The molecule has 1 atom stereocenters. The zero-order valence-corrected chi connectivity index (χ0v) is 13.6. The first-order valence-corrected chi connectivity index (χ1v) is 8.60. The predicted molar refractivity (Wildman–Crippen MR) is 91.2 cm³/mol. The van der Waals surface area contributed by atoms with Gasteiger partial charge in [-0.3, -0.25) is 9.36 Å². The Morgan fingerprint density at radius 1 is 1.36 bits per heavy atom. The van der Waals surface area contributed by atoms with Crippen molar-refractivity contribution in [2.24, 2.45) is 11.7 Å². The van der Waals surface area contributed by atoms with E-state index in [1.807, 2.05) is 4.90 Å². The molecule has 130 valence electrons. The zero-order chi connectivity index (χ0) is 17.1. The number of oxazole rings is 1. The van der Waals surface area contributed by atoms with Crippen molar-refractivity contribution < 1.29 is 8.81 Å². The molecular formula is C17H18FN5O2. The molecule has 0 aromatic carbocycles. The standard InChI is InChI=1S/C17H18FN5O2/c18-12-5-11-14-13(20-8-25-14)17(24)23(10-1-2-10)15(11)21-16(12)22-4-3-9(6-19)7-22/h5,8-10H,1-4,6-7,19H2. The number of nitrogens with zero attached hydrogens (tertiary/aromatic N) is 4. The maximum atomic E-state index is 14.8. The number of nitrogens with two attached hydrogens (primary N) is 1. The summed E-state index contributed by atoms with van der Waals surface area (Å²) in [5.41, 5.74) is 6.53. The summed E-state index contributed by atoms with van der Waals surface area (Å²) in [6, 6.07) is 1.52. The minimum atomic E-state index is -0.413. The average Bonchev–Trinajstić information content (AvgIpc) is 3.13. The van der Waals surface area contributed by atoms with Crippen LogP contribution < -0.4 is 16.2 Å². The van der Waals surface area contributed by atoms with E-state index in [2.05, 4.69) is 9.97 Å². The highest BCUT2D eigenvalue weighted by Gasteiger charge is 2.31. The summed E-state index contributed by atoms with van der Waals surface area (Å²) in [5.74, 6) is 0.222. The summed E-state index contributed by atoms with van der Waals surface area (Å²) < 4.78 is 21.8. The van der Waals surface area contributed by atoms with Crippen molar-refractivity contribution in [1.29, 1.82) is 0 Å². The van der Waals surface area contributed by atoms with Crippen molar-refractivity contribution in [2.45, 2.75) is 25.3 Å². The van der Waals surface area contributed by atoms with E-state index in [1.165, 1.54) is 12.5 Å². The minimum Gasteiger partial charge on any atom is -0.442 e. The van der Waals surface area contributed by atoms with E-state index in [1.54, 1.807) is 4.57 Å². The second kappa shape index (κ2) is 5.26. The molecule has 2 N–H and O–H groups in total. The second-order valence-electron chi connectivity index (χ2n) is 6.94. The van der Waals surface area contributed by atoms with E-state index in [4.69, 9.17) is 10.2 Å². The lowest BCUT2D eigenvalue weighted by Gasteiger charge is -2.19. The Hall–Kier alpha value is -2.48. The Balaban J connectivity index is 1.77. The summed E-state index contributed by atoms with van der Waals surface area (Å²) in [4.78, 5) is 23.3. The Kier molecular flexibility index (Phi) is 3.12. The lowest BCUT2D eigenvalue weighted by molar-refractivity contribution is 0.593. The van der Waals surface area contributed by atoms with Crippen LogP contribution in [0.3, 0.4) is 0 Å². The fourth-order valence-electron chi connectivity index (χ4n) is 3.73. The van der Waals surface area contributed by atoms with Gasteiger partial charge < -0.3 is 15.1 Å². The third-order valence-electron chi connectivity index (χ3n) is 5.23. The van der Waals surface area contributed by atoms with Crippen molar-refractivity contribution in [3.05, 3.63) is 28.6 Å². The molecule has 7 nitrogen and oxygen atoms in total. The van der Waals surface area contributed by atoms with Crippen LogP contribution in [0.4, 0.5) is 10.2 Å². The van der Waals surface area contributed by atoms with Gasteiger partial charge in [0.25, 0.3) is 5.56 Å². The van der Waals surface area contributed by atoms with Gasteiger partial charge in [-0.05, 0) is 37.8 Å². The summed E-state index contributed by atoms with van der Waals surface area (Å²) >= 11 is 0. The van der Waals surface area contributed by atoms with Crippen molar-refractivity contribution in [3.63, 3.8) is 0 Å². The van der Waals surface area contributed by atoms with Crippen LogP contribution in [-0.2, 0) is 0 Å². The molecule has 3 aromatic rings. The quantitative estimate of drug-likeness (QED) is 0.780. The van der Waals surface area contributed by atoms with Crippen molar-refractivity contribution in [2.75, 3.05) is 24.5 Å². The average molecular weight is 343 g/mol. The number of hydrogen-bond donors (Lipinski definition) is 1. The molecule has 3 aromatic heterocycles. The number of halogens is 1. The van der Waals surface area contributed by atoms with E-state index in [9.17, 15) is 9.18 Å². The molecule has 2 aliphatic rings. The normalized spacial score (nSPS) is 20.9. The topological polar surface area (TPSA) is 90.2 Å². The first-order chi connectivity index (χ1) is 12.2. The molecule has 0 amide bonds. The molecular weight excluding hydrogens is 325 g/mol. The van der Waals surface area contributed by atoms with Gasteiger partial charge in [0, 0.05) is 19.1 Å². The van der Waals surface area contributed by atoms with Crippen LogP contribution in [0, 0.1) is 11.7 Å². The van der Waals surface area contributed by atoms with Crippen LogP contribution in [-0.4, -0.2) is 34.2 Å². The third kappa shape index (κ3) is 2.17. The molecule has 0 radical (unpaired) electrons. The molecule has 5 rings (SSSR count). The van der Waals surface area contributed by atoms with Gasteiger partial charge in [0.05, 0.1) is 5.39 Å². The van der Waals surface area contributed by atoms with Gasteiger partial charge >= 0.3 is 0 Å². The maximum absolute atomic E-state index is 14.8. The Bertz CT molecular complexity index is 1040. The highest BCUT2D eigenvalue weighted by molar-refractivity contribution is 5.99. The molecule has 0 spiro atoms. The Morgan fingerprint density at radius 2 is 2.20 bits per heavy atom. The molecule has 25 heavy (non-hydrogen) atoms. The molecule has 1 saturated heterocycles. The number of aromatic nitrogens is 3. The lowest BCUT2D eigenvalue weighted by Crippen LogP contribution is -2.26. The zero-order valence-electron chi connectivity index (χ0n) is 13.6. The van der Waals surface area contributed by atoms with E-state index in [0.717, 1.165) is 25.8 Å². The van der Waals surface area contributed by atoms with Gasteiger partial charge in [-0.2, -0.15) is 0 Å². The van der Waals surface area contributed by atoms with Crippen LogP contribution in [0.1, 0.15) is 25.3 Å². The molecule has 1 saturated carbocycles. The van der Waals surface area contributed by atoms with Crippen molar-refractivity contribution in [3.8, 4) is 0 Å².